The molecule has 0 aromatic rings. The third-order valence-electron chi connectivity index (χ3n) is 4.80. The van der Waals surface area contributed by atoms with Gasteiger partial charge in [0.05, 0.1) is 0 Å². The van der Waals surface area contributed by atoms with Crippen LogP contribution in [0.1, 0.15) is 54.9 Å². The van der Waals surface area contributed by atoms with Crippen LogP contribution in [-0.4, -0.2) is 0 Å². The number of hydrogen-bond donors (Lipinski definition) is 0. The van der Waals surface area contributed by atoms with Crippen molar-refractivity contribution >= 4 is 0 Å². The second kappa shape index (κ2) is 10.3. The van der Waals surface area contributed by atoms with Gasteiger partial charge in [-0.15, -0.1) is 0 Å². The maximum absolute atomic E-state index is 4.16. The highest BCUT2D eigenvalue weighted by atomic mass is 14.3. The lowest BCUT2D eigenvalue weighted by Crippen LogP contribution is -2.27. The first-order valence-corrected chi connectivity index (χ1v) is 8.63. The van der Waals surface area contributed by atoms with Crippen molar-refractivity contribution in [3.63, 3.8) is 0 Å². The molecule has 2 atom stereocenters. The number of hydrogen-bond acceptors (Lipinski definition) is 0. The van der Waals surface area contributed by atoms with Crippen LogP contribution in [0, 0.1) is 17.3 Å². The molecule has 0 radical (unpaired) electrons. The Morgan fingerprint density at radius 3 is 2.09 bits per heavy atom. The molecule has 0 heteroatoms. The fourth-order valence-electron chi connectivity index (χ4n) is 2.55. The van der Waals surface area contributed by atoms with Crippen molar-refractivity contribution in [1.82, 2.24) is 0 Å². The van der Waals surface area contributed by atoms with E-state index in [1.165, 1.54) is 16.7 Å². The minimum Gasteiger partial charge on any atom is -0.0998 e. The molecule has 0 saturated heterocycles. The zero-order chi connectivity index (χ0) is 18.0. The van der Waals surface area contributed by atoms with Crippen molar-refractivity contribution in [2.45, 2.75) is 54.9 Å². The Morgan fingerprint density at radius 2 is 1.61 bits per heavy atom. The quantitative estimate of drug-likeness (QED) is 0.306. The van der Waals surface area contributed by atoms with Gasteiger partial charge in [-0.2, -0.15) is 0 Å². The average molecular weight is 313 g/mol. The molecular formula is C23H36. The van der Waals surface area contributed by atoms with Gasteiger partial charge in [-0.25, -0.2) is 0 Å². The van der Waals surface area contributed by atoms with Gasteiger partial charge < -0.3 is 0 Å². The second-order valence-corrected chi connectivity index (χ2v) is 7.28. The highest BCUT2D eigenvalue weighted by molar-refractivity contribution is 5.28. The van der Waals surface area contributed by atoms with Crippen LogP contribution < -0.4 is 0 Å². The molecule has 0 amide bonds. The van der Waals surface area contributed by atoms with E-state index in [4.69, 9.17) is 0 Å². The zero-order valence-electron chi connectivity index (χ0n) is 16.3. The molecule has 0 saturated carbocycles. The van der Waals surface area contributed by atoms with Crippen LogP contribution in [0.2, 0.25) is 0 Å². The third-order valence-corrected chi connectivity index (χ3v) is 4.80. The van der Waals surface area contributed by atoms with Crippen LogP contribution in [0.4, 0.5) is 0 Å². The topological polar surface area (TPSA) is 0 Å². The predicted octanol–water partition coefficient (Wildman–Crippen LogP) is 7.44. The van der Waals surface area contributed by atoms with Gasteiger partial charge in [-0.1, -0.05) is 107 Å². The molecule has 23 heavy (non-hydrogen) atoms. The van der Waals surface area contributed by atoms with E-state index in [9.17, 15) is 0 Å². The lowest BCUT2D eigenvalue weighted by atomic mass is 9.69. The van der Waals surface area contributed by atoms with E-state index in [-0.39, 0.29) is 5.41 Å². The van der Waals surface area contributed by atoms with E-state index in [2.05, 4.69) is 92.0 Å². The molecular weight excluding hydrogens is 276 g/mol. The van der Waals surface area contributed by atoms with E-state index >= 15 is 0 Å². The summed E-state index contributed by atoms with van der Waals surface area (Å²) in [5, 5.41) is 0. The van der Waals surface area contributed by atoms with Crippen LogP contribution in [-0.2, 0) is 0 Å². The van der Waals surface area contributed by atoms with Crippen molar-refractivity contribution in [2.24, 2.45) is 17.3 Å². The molecule has 2 unspecified atom stereocenters. The minimum absolute atomic E-state index is 0.272. The summed E-state index contributed by atoms with van der Waals surface area (Å²) in [5.41, 5.74) is 3.99. The Kier molecular flexibility index (Phi) is 9.56. The minimum atomic E-state index is 0.272. The summed E-state index contributed by atoms with van der Waals surface area (Å²) in [6.45, 7) is 23.5. The summed E-state index contributed by atoms with van der Waals surface area (Å²) in [4.78, 5) is 0. The molecule has 0 aliphatic rings. The Labute approximate surface area is 145 Å². The lowest BCUT2D eigenvalue weighted by molar-refractivity contribution is 0.204. The molecule has 0 aromatic carbocycles. The van der Waals surface area contributed by atoms with E-state index in [1.54, 1.807) is 0 Å². The van der Waals surface area contributed by atoms with Crippen LogP contribution in [0.5, 0.6) is 0 Å². The summed E-state index contributed by atoms with van der Waals surface area (Å²) in [6.07, 6.45) is 15.9. The molecule has 0 aliphatic carbocycles. The van der Waals surface area contributed by atoms with E-state index in [1.807, 2.05) is 12.2 Å². The normalized spacial score (nSPS) is 16.8. The first kappa shape index (κ1) is 21.4. The van der Waals surface area contributed by atoms with Gasteiger partial charge in [-0.05, 0) is 38.0 Å². The van der Waals surface area contributed by atoms with Gasteiger partial charge in [0.15, 0.2) is 0 Å². The van der Waals surface area contributed by atoms with Gasteiger partial charge in [0.25, 0.3) is 0 Å². The summed E-state index contributed by atoms with van der Waals surface area (Å²) in [6, 6.07) is 0. The molecule has 0 fully saturated rings. The summed E-state index contributed by atoms with van der Waals surface area (Å²) in [7, 11) is 0. The Balaban J connectivity index is 5.20. The highest BCUT2D eigenvalue weighted by Gasteiger charge is 2.30. The highest BCUT2D eigenvalue weighted by Crippen LogP contribution is 2.39. The monoisotopic (exact) mass is 312 g/mol. The first-order valence-electron chi connectivity index (χ1n) is 8.63. The number of rotatable bonds is 9. The Bertz CT molecular complexity index is 506. The Hall–Kier alpha value is -1.56. The fourth-order valence-corrected chi connectivity index (χ4v) is 2.55. The van der Waals surface area contributed by atoms with Gasteiger partial charge in [0, 0.05) is 0 Å². The summed E-state index contributed by atoms with van der Waals surface area (Å²) in [5.74, 6) is 0.988. The van der Waals surface area contributed by atoms with Crippen LogP contribution in [0.15, 0.2) is 72.4 Å². The average Bonchev–Trinajstić information content (AvgIpc) is 2.47. The third kappa shape index (κ3) is 8.02. The van der Waals surface area contributed by atoms with Gasteiger partial charge in [-0.3, -0.25) is 0 Å². The van der Waals surface area contributed by atoms with E-state index < -0.39 is 0 Å². The van der Waals surface area contributed by atoms with Crippen molar-refractivity contribution in [3.8, 4) is 0 Å². The van der Waals surface area contributed by atoms with Crippen LogP contribution >= 0.6 is 0 Å². The summed E-state index contributed by atoms with van der Waals surface area (Å²) >= 11 is 0. The molecule has 128 valence electrons. The van der Waals surface area contributed by atoms with Crippen molar-refractivity contribution in [2.75, 3.05) is 0 Å². The zero-order valence-corrected chi connectivity index (χ0v) is 16.3. The maximum Gasteiger partial charge on any atom is -0.0116 e. The lowest BCUT2D eigenvalue weighted by Gasteiger charge is -2.36. The maximum atomic E-state index is 4.16. The molecule has 0 bridgehead atoms. The second-order valence-electron chi connectivity index (χ2n) is 7.28. The van der Waals surface area contributed by atoms with Crippen LogP contribution in [0.3, 0.4) is 0 Å². The van der Waals surface area contributed by atoms with Crippen molar-refractivity contribution in [3.05, 3.63) is 72.4 Å². The van der Waals surface area contributed by atoms with Gasteiger partial charge in [0.1, 0.15) is 0 Å². The molecule has 0 spiro atoms. The largest absolute Gasteiger partial charge is 0.0998 e. The number of allylic oxidation sites excluding steroid dienone is 10. The van der Waals surface area contributed by atoms with E-state index in [0.29, 0.717) is 11.8 Å². The standard InChI is InChI=1S/C23H36/c1-10-13-19(5)14-12-15-20(6)16-17-22(21(7)18(3)4)23(8,9)11-2/h10,12-17,21-22H,1,3,11H2,2,4-9H3/b14-12+,17-16+,19-13+,20-15+. The molecule has 0 rings (SSSR count). The molecule has 0 N–H and O–H groups in total. The van der Waals surface area contributed by atoms with Crippen LogP contribution in [0.25, 0.3) is 0 Å². The molecule has 0 aliphatic heterocycles. The smallest absolute Gasteiger partial charge is 0.0116 e. The van der Waals surface area contributed by atoms with Gasteiger partial charge >= 0.3 is 0 Å². The van der Waals surface area contributed by atoms with Crippen molar-refractivity contribution < 1.29 is 0 Å². The predicted molar refractivity (Wildman–Crippen MR) is 108 cm³/mol. The van der Waals surface area contributed by atoms with Gasteiger partial charge in [0.2, 0.25) is 0 Å². The summed E-state index contributed by atoms with van der Waals surface area (Å²) < 4.78 is 0. The molecule has 0 heterocycles. The first-order chi connectivity index (χ1) is 10.7. The molecule has 0 nitrogen and oxygen atoms in total. The van der Waals surface area contributed by atoms with Crippen molar-refractivity contribution in [1.29, 1.82) is 0 Å². The SMILES string of the molecule is C=C/C=C(C)/C=C/C=C(C)/C=C/C(C(C)C(=C)C)C(C)(C)CC. The fraction of sp³-hybridized carbons (Fsp3) is 0.478. The molecule has 0 aromatic heterocycles. The Morgan fingerprint density at radius 1 is 1.04 bits per heavy atom. The van der Waals surface area contributed by atoms with E-state index in [0.717, 1.165) is 6.42 Å².